The zero-order valence-electron chi connectivity index (χ0n) is 11.4. The summed E-state index contributed by atoms with van der Waals surface area (Å²) in [5, 5.41) is 10.5. The summed E-state index contributed by atoms with van der Waals surface area (Å²) in [5.74, 6) is 1.24. The van der Waals surface area contributed by atoms with E-state index in [1.165, 1.54) is 0 Å². The number of ether oxygens (including phenoxy) is 1. The van der Waals surface area contributed by atoms with Crippen LogP contribution in [0.15, 0.2) is 24.3 Å². The molecule has 1 aliphatic carbocycles. The van der Waals surface area contributed by atoms with E-state index in [-0.39, 0.29) is 6.10 Å². The van der Waals surface area contributed by atoms with Gasteiger partial charge in [-0.25, -0.2) is 0 Å². The molecule has 0 bridgehead atoms. The molecule has 0 spiro atoms. The first-order valence-electron chi connectivity index (χ1n) is 6.61. The van der Waals surface area contributed by atoms with Crippen molar-refractivity contribution in [3.05, 3.63) is 41.0 Å². The normalized spacial score (nSPS) is 20.8. The quantitative estimate of drug-likeness (QED) is 0.824. The number of allylic oxidation sites excluding steroid dienone is 2. The van der Waals surface area contributed by atoms with Gasteiger partial charge in [-0.05, 0) is 67.9 Å². The number of hydrogen-bond donors (Lipinski definition) is 1. The van der Waals surface area contributed by atoms with Crippen LogP contribution < -0.4 is 4.74 Å². The van der Waals surface area contributed by atoms with Crippen molar-refractivity contribution < 1.29 is 9.84 Å². The fourth-order valence-corrected chi connectivity index (χ4v) is 2.71. The van der Waals surface area contributed by atoms with Crippen molar-refractivity contribution >= 4 is 0 Å². The molecule has 0 fully saturated rings. The largest absolute Gasteiger partial charge is 0.496 e. The Hall–Kier alpha value is -1.28. The second-order valence-corrected chi connectivity index (χ2v) is 5.17. The van der Waals surface area contributed by atoms with Gasteiger partial charge in [-0.15, -0.1) is 0 Å². The summed E-state index contributed by atoms with van der Waals surface area (Å²) in [6.45, 7) is 4.06. The van der Waals surface area contributed by atoms with Crippen molar-refractivity contribution in [2.24, 2.45) is 5.92 Å². The lowest BCUT2D eigenvalue weighted by atomic mass is 9.84. The third-order valence-electron chi connectivity index (χ3n) is 3.86. The van der Waals surface area contributed by atoms with Gasteiger partial charge in [-0.3, -0.25) is 0 Å². The van der Waals surface area contributed by atoms with E-state index in [4.69, 9.17) is 4.74 Å². The highest BCUT2D eigenvalue weighted by Gasteiger charge is 2.23. The topological polar surface area (TPSA) is 29.5 Å². The lowest BCUT2D eigenvalue weighted by Gasteiger charge is -2.26. The molecule has 2 unspecified atom stereocenters. The van der Waals surface area contributed by atoms with Gasteiger partial charge in [0.15, 0.2) is 0 Å². The maximum atomic E-state index is 10.5. The number of rotatable bonds is 3. The van der Waals surface area contributed by atoms with Gasteiger partial charge >= 0.3 is 0 Å². The van der Waals surface area contributed by atoms with Crippen LogP contribution in [-0.2, 0) is 0 Å². The van der Waals surface area contributed by atoms with Crippen molar-refractivity contribution in [2.45, 2.75) is 39.2 Å². The van der Waals surface area contributed by atoms with E-state index < -0.39 is 0 Å². The Kier molecular flexibility index (Phi) is 4.07. The molecule has 98 valence electrons. The van der Waals surface area contributed by atoms with Crippen molar-refractivity contribution in [2.75, 3.05) is 7.11 Å². The molecule has 2 rings (SSSR count). The molecule has 0 radical (unpaired) electrons. The summed E-state index contributed by atoms with van der Waals surface area (Å²) in [4.78, 5) is 0. The Morgan fingerprint density at radius 1 is 1.22 bits per heavy atom. The minimum atomic E-state index is -0.362. The molecule has 2 heteroatoms. The maximum absolute atomic E-state index is 10.5. The maximum Gasteiger partial charge on any atom is 0.122 e. The van der Waals surface area contributed by atoms with Gasteiger partial charge in [0, 0.05) is 0 Å². The Bertz CT molecular complexity index is 449. The van der Waals surface area contributed by atoms with Gasteiger partial charge in [0.25, 0.3) is 0 Å². The second-order valence-electron chi connectivity index (χ2n) is 5.17. The Morgan fingerprint density at radius 3 is 2.61 bits per heavy atom. The lowest BCUT2D eigenvalue weighted by molar-refractivity contribution is 0.102. The molecule has 0 heterocycles. The van der Waals surface area contributed by atoms with Crippen LogP contribution >= 0.6 is 0 Å². The fraction of sp³-hybridized carbons (Fsp3) is 0.500. The Morgan fingerprint density at radius 2 is 2.00 bits per heavy atom. The van der Waals surface area contributed by atoms with E-state index >= 15 is 0 Å². The molecule has 0 saturated heterocycles. The zero-order valence-corrected chi connectivity index (χ0v) is 11.4. The van der Waals surface area contributed by atoms with Gasteiger partial charge in [0.2, 0.25) is 0 Å². The van der Waals surface area contributed by atoms with Crippen LogP contribution in [0.25, 0.3) is 0 Å². The average Bonchev–Trinajstić information content (AvgIpc) is 2.41. The molecule has 1 aromatic rings. The first kappa shape index (κ1) is 13.2. The van der Waals surface area contributed by atoms with E-state index in [0.29, 0.717) is 5.92 Å². The molecule has 0 saturated carbocycles. The van der Waals surface area contributed by atoms with Gasteiger partial charge in [-0.1, -0.05) is 12.2 Å². The first-order valence-corrected chi connectivity index (χ1v) is 6.61. The van der Waals surface area contributed by atoms with Gasteiger partial charge in [0.05, 0.1) is 13.2 Å². The average molecular weight is 246 g/mol. The first-order chi connectivity index (χ1) is 8.63. The van der Waals surface area contributed by atoms with Gasteiger partial charge in [0.1, 0.15) is 5.75 Å². The number of hydrogen-bond acceptors (Lipinski definition) is 2. The third kappa shape index (κ3) is 2.59. The number of methoxy groups -OCH3 is 1. The van der Waals surface area contributed by atoms with E-state index in [2.05, 4.69) is 18.2 Å². The number of aryl methyl sites for hydroxylation is 2. The molecular formula is C16H22O2. The van der Waals surface area contributed by atoms with Crippen LogP contribution in [0.2, 0.25) is 0 Å². The summed E-state index contributed by atoms with van der Waals surface area (Å²) in [6.07, 6.45) is 7.15. The molecule has 0 aromatic heterocycles. The van der Waals surface area contributed by atoms with E-state index in [1.807, 2.05) is 19.9 Å². The Balaban J connectivity index is 2.27. The monoisotopic (exact) mass is 246 g/mol. The third-order valence-corrected chi connectivity index (χ3v) is 3.86. The molecule has 2 nitrogen and oxygen atoms in total. The summed E-state index contributed by atoms with van der Waals surface area (Å²) in [7, 11) is 1.68. The number of benzene rings is 1. The molecule has 1 aromatic carbocycles. The lowest BCUT2D eigenvalue weighted by Crippen LogP contribution is -2.15. The van der Waals surface area contributed by atoms with Crippen LogP contribution in [-0.4, -0.2) is 12.2 Å². The van der Waals surface area contributed by atoms with Crippen LogP contribution in [0.5, 0.6) is 5.75 Å². The highest BCUT2D eigenvalue weighted by Crippen LogP contribution is 2.35. The van der Waals surface area contributed by atoms with Crippen LogP contribution in [0.3, 0.4) is 0 Å². The van der Waals surface area contributed by atoms with Gasteiger partial charge in [-0.2, -0.15) is 0 Å². The summed E-state index contributed by atoms with van der Waals surface area (Å²) >= 11 is 0. The fourth-order valence-electron chi connectivity index (χ4n) is 2.71. The minimum Gasteiger partial charge on any atom is -0.496 e. The highest BCUT2D eigenvalue weighted by atomic mass is 16.5. The molecular weight excluding hydrogens is 224 g/mol. The van der Waals surface area contributed by atoms with Crippen molar-refractivity contribution in [3.8, 4) is 5.75 Å². The van der Waals surface area contributed by atoms with Crippen LogP contribution in [0.4, 0.5) is 0 Å². The highest BCUT2D eigenvalue weighted by molar-refractivity contribution is 5.42. The number of aliphatic hydroxyl groups excluding tert-OH is 1. The summed E-state index contributed by atoms with van der Waals surface area (Å²) in [5.41, 5.74) is 3.25. The van der Waals surface area contributed by atoms with E-state index in [0.717, 1.165) is 41.7 Å². The second kappa shape index (κ2) is 5.57. The predicted octanol–water partition coefficient (Wildman–Crippen LogP) is 3.70. The molecule has 1 N–H and O–H groups in total. The van der Waals surface area contributed by atoms with E-state index in [9.17, 15) is 5.11 Å². The van der Waals surface area contributed by atoms with Crippen molar-refractivity contribution in [3.63, 3.8) is 0 Å². The van der Waals surface area contributed by atoms with Crippen LogP contribution in [0, 0.1) is 19.8 Å². The smallest absolute Gasteiger partial charge is 0.122 e. The minimum absolute atomic E-state index is 0.349. The molecule has 0 aliphatic heterocycles. The molecule has 0 amide bonds. The molecule has 2 atom stereocenters. The molecule has 18 heavy (non-hydrogen) atoms. The van der Waals surface area contributed by atoms with E-state index in [1.54, 1.807) is 7.11 Å². The summed E-state index contributed by atoms with van der Waals surface area (Å²) < 4.78 is 5.31. The SMILES string of the molecule is COc1cc(C)c(C(O)C2CC=CCC2)cc1C. The summed E-state index contributed by atoms with van der Waals surface area (Å²) in [6, 6.07) is 4.09. The zero-order chi connectivity index (χ0) is 13.1. The Labute approximate surface area is 109 Å². The molecule has 1 aliphatic rings. The van der Waals surface area contributed by atoms with Crippen molar-refractivity contribution in [1.29, 1.82) is 0 Å². The van der Waals surface area contributed by atoms with Gasteiger partial charge < -0.3 is 9.84 Å². The van der Waals surface area contributed by atoms with Crippen molar-refractivity contribution in [1.82, 2.24) is 0 Å². The predicted molar refractivity (Wildman–Crippen MR) is 73.9 cm³/mol. The standard InChI is InChI=1S/C16H22O2/c1-11-10-15(18-3)12(2)9-14(11)16(17)13-7-5-4-6-8-13/h4-5,9-10,13,16-17H,6-8H2,1-3H3. The van der Waals surface area contributed by atoms with Crippen LogP contribution in [0.1, 0.15) is 42.1 Å². The number of aliphatic hydroxyl groups is 1.